The molecule has 0 aliphatic rings. The van der Waals surface area contributed by atoms with Gasteiger partial charge in [0.05, 0.1) is 16.7 Å². The van der Waals surface area contributed by atoms with Crippen LogP contribution in [0.3, 0.4) is 0 Å². The summed E-state index contributed by atoms with van der Waals surface area (Å²) in [5.74, 6) is 1.92. The van der Waals surface area contributed by atoms with Crippen molar-refractivity contribution < 1.29 is 9.47 Å². The number of imidazole rings is 1. The maximum absolute atomic E-state index is 5.68. The quantitative estimate of drug-likeness (QED) is 0.247. The number of H-pyrrole nitrogens is 1. The molecule has 0 amide bonds. The number of rotatable bonds is 14. The van der Waals surface area contributed by atoms with Crippen LogP contribution in [0.25, 0.3) is 11.0 Å². The van der Waals surface area contributed by atoms with Gasteiger partial charge in [-0.2, -0.15) is 0 Å². The largest absolute Gasteiger partial charge is 0.385 e. The molecule has 3 rings (SSSR count). The zero-order chi connectivity index (χ0) is 21.0. The Kier molecular flexibility index (Phi) is 10.0. The smallest absolute Gasteiger partial charge is 0.166 e. The van der Waals surface area contributed by atoms with E-state index in [1.165, 1.54) is 10.5 Å². The number of nitrogens with one attached hydrogen (secondary N) is 1. The van der Waals surface area contributed by atoms with Crippen molar-refractivity contribution in [3.63, 3.8) is 0 Å². The molecule has 0 radical (unpaired) electrons. The van der Waals surface area contributed by atoms with E-state index >= 15 is 0 Å². The number of unbranched alkanes of at least 4 members (excludes halogenated alkanes) is 2. The number of fused-ring (bicyclic) bond motifs is 1. The van der Waals surface area contributed by atoms with Crippen LogP contribution < -0.4 is 0 Å². The van der Waals surface area contributed by atoms with Gasteiger partial charge in [-0.3, -0.25) is 4.98 Å². The molecule has 162 valence electrons. The van der Waals surface area contributed by atoms with E-state index in [-0.39, 0.29) is 0 Å². The first-order valence-electron chi connectivity index (χ1n) is 10.5. The van der Waals surface area contributed by atoms with Crippen molar-refractivity contribution in [1.82, 2.24) is 15.0 Å². The highest BCUT2D eigenvalue weighted by atomic mass is 32.2. The molecule has 5 nitrogen and oxygen atoms in total. The number of benzene rings is 1. The maximum atomic E-state index is 5.68. The Labute approximate surface area is 187 Å². The normalized spacial score (nSPS) is 11.4. The number of hydrogen-bond acceptors (Lipinski definition) is 6. The minimum Gasteiger partial charge on any atom is -0.385 e. The lowest BCUT2D eigenvalue weighted by Crippen LogP contribution is -1.99. The topological polar surface area (TPSA) is 60.0 Å². The predicted molar refractivity (Wildman–Crippen MR) is 127 cm³/mol. The van der Waals surface area contributed by atoms with Crippen LogP contribution in [0, 0.1) is 6.92 Å². The van der Waals surface area contributed by atoms with Gasteiger partial charge in [-0.1, -0.05) is 23.9 Å². The molecule has 0 saturated carbocycles. The summed E-state index contributed by atoms with van der Waals surface area (Å²) in [5.41, 5.74) is 4.49. The number of ether oxygens (including phenoxy) is 2. The van der Waals surface area contributed by atoms with Gasteiger partial charge in [-0.25, -0.2) is 4.98 Å². The first kappa shape index (κ1) is 23.1. The highest BCUT2D eigenvalue weighted by molar-refractivity contribution is 7.99. The van der Waals surface area contributed by atoms with Crippen molar-refractivity contribution in [2.45, 2.75) is 48.4 Å². The zero-order valence-electron chi connectivity index (χ0n) is 17.9. The fourth-order valence-electron chi connectivity index (χ4n) is 3.04. The second-order valence-electron chi connectivity index (χ2n) is 7.10. The number of para-hydroxylation sites is 2. The van der Waals surface area contributed by atoms with Gasteiger partial charge in [0.25, 0.3) is 0 Å². The molecule has 1 N–H and O–H groups in total. The molecule has 0 fully saturated rings. The molecule has 0 unspecified atom stereocenters. The Morgan fingerprint density at radius 3 is 2.60 bits per heavy atom. The molecule has 0 saturated heterocycles. The SMILES string of the molecule is COCCCCOCCCCSc1ccnc(CSc2nc3ccccc3[nH]2)c1C. The molecule has 0 bridgehead atoms. The third-order valence-corrected chi connectivity index (χ3v) is 6.93. The molecule has 0 aliphatic carbocycles. The molecular formula is C23H31N3O2S2. The first-order chi connectivity index (χ1) is 14.8. The van der Waals surface area contributed by atoms with Gasteiger partial charge in [0.1, 0.15) is 0 Å². The van der Waals surface area contributed by atoms with Crippen molar-refractivity contribution >= 4 is 34.6 Å². The summed E-state index contributed by atoms with van der Waals surface area (Å²) in [6.07, 6.45) is 6.34. The molecule has 3 aromatic rings. The number of aromatic nitrogens is 3. The standard InChI is InChI=1S/C23H31N3O2S2/c1-18-21(17-30-23-25-19-9-3-4-10-20(19)26-23)24-12-11-22(18)29-16-8-7-15-28-14-6-5-13-27-2/h3-4,9-12H,5-8,13-17H2,1-2H3,(H,25,26). The van der Waals surface area contributed by atoms with Gasteiger partial charge >= 0.3 is 0 Å². The average molecular weight is 446 g/mol. The number of methoxy groups -OCH3 is 1. The molecule has 30 heavy (non-hydrogen) atoms. The second kappa shape index (κ2) is 13.0. The molecular weight excluding hydrogens is 414 g/mol. The van der Waals surface area contributed by atoms with Crippen LogP contribution >= 0.6 is 23.5 Å². The summed E-state index contributed by atoms with van der Waals surface area (Å²) in [4.78, 5) is 13.9. The van der Waals surface area contributed by atoms with Crippen LogP contribution in [0.15, 0.2) is 46.6 Å². The van der Waals surface area contributed by atoms with Crippen molar-refractivity contribution in [1.29, 1.82) is 0 Å². The maximum Gasteiger partial charge on any atom is 0.166 e. The molecule has 7 heteroatoms. The fraction of sp³-hybridized carbons (Fsp3) is 0.478. The molecule has 2 heterocycles. The minimum absolute atomic E-state index is 0.816. The van der Waals surface area contributed by atoms with Crippen LogP contribution in [0.4, 0.5) is 0 Å². The van der Waals surface area contributed by atoms with Gasteiger partial charge in [0.15, 0.2) is 5.16 Å². The van der Waals surface area contributed by atoms with E-state index in [0.717, 1.165) is 78.9 Å². The summed E-state index contributed by atoms with van der Waals surface area (Å²) < 4.78 is 10.7. The summed E-state index contributed by atoms with van der Waals surface area (Å²) in [6.45, 7) is 4.69. The predicted octanol–water partition coefficient (Wildman–Crippen LogP) is 5.87. The van der Waals surface area contributed by atoms with Crippen LogP contribution in [0.5, 0.6) is 0 Å². The first-order valence-corrected chi connectivity index (χ1v) is 12.5. The Morgan fingerprint density at radius 2 is 1.77 bits per heavy atom. The van der Waals surface area contributed by atoms with Crippen LogP contribution in [-0.4, -0.2) is 47.6 Å². The number of aromatic amines is 1. The lowest BCUT2D eigenvalue weighted by atomic mass is 10.2. The molecule has 0 spiro atoms. The lowest BCUT2D eigenvalue weighted by molar-refractivity contribution is 0.117. The van der Waals surface area contributed by atoms with Crippen LogP contribution in [0.2, 0.25) is 0 Å². The van der Waals surface area contributed by atoms with Crippen molar-refractivity contribution in [2.75, 3.05) is 32.7 Å². The van der Waals surface area contributed by atoms with Crippen LogP contribution in [-0.2, 0) is 15.2 Å². The van der Waals surface area contributed by atoms with Gasteiger partial charge in [-0.05, 0) is 62.1 Å². The van der Waals surface area contributed by atoms with E-state index in [2.05, 4.69) is 34.0 Å². The summed E-state index contributed by atoms with van der Waals surface area (Å²) in [6, 6.07) is 10.3. The number of pyridine rings is 1. The van der Waals surface area contributed by atoms with E-state index in [4.69, 9.17) is 9.47 Å². The van der Waals surface area contributed by atoms with E-state index in [0.29, 0.717) is 0 Å². The highest BCUT2D eigenvalue weighted by Crippen LogP contribution is 2.28. The van der Waals surface area contributed by atoms with E-state index in [1.54, 1.807) is 18.9 Å². The molecule has 1 aromatic carbocycles. The van der Waals surface area contributed by atoms with Gasteiger partial charge in [-0.15, -0.1) is 11.8 Å². The second-order valence-corrected chi connectivity index (χ2v) is 9.20. The fourth-order valence-corrected chi connectivity index (χ4v) is 5.01. The van der Waals surface area contributed by atoms with Crippen molar-refractivity contribution in [3.05, 3.63) is 47.8 Å². The molecule has 0 atom stereocenters. The van der Waals surface area contributed by atoms with Gasteiger partial charge in [0.2, 0.25) is 0 Å². The summed E-state index contributed by atoms with van der Waals surface area (Å²) >= 11 is 3.62. The Morgan fingerprint density at radius 1 is 0.967 bits per heavy atom. The Balaban J connectivity index is 1.38. The van der Waals surface area contributed by atoms with Crippen molar-refractivity contribution in [3.8, 4) is 0 Å². The number of nitrogens with zero attached hydrogens (tertiary/aromatic N) is 2. The molecule has 2 aromatic heterocycles. The summed E-state index contributed by atoms with van der Waals surface area (Å²) in [7, 11) is 1.74. The minimum atomic E-state index is 0.816. The Hall–Kier alpha value is -1.54. The zero-order valence-corrected chi connectivity index (χ0v) is 19.5. The van der Waals surface area contributed by atoms with Crippen molar-refractivity contribution in [2.24, 2.45) is 0 Å². The highest BCUT2D eigenvalue weighted by Gasteiger charge is 2.09. The van der Waals surface area contributed by atoms with Crippen LogP contribution in [0.1, 0.15) is 36.9 Å². The lowest BCUT2D eigenvalue weighted by Gasteiger charge is -2.10. The number of hydrogen-bond donors (Lipinski definition) is 1. The van der Waals surface area contributed by atoms with E-state index in [9.17, 15) is 0 Å². The molecule has 0 aliphatic heterocycles. The third-order valence-electron chi connectivity index (χ3n) is 4.80. The van der Waals surface area contributed by atoms with E-state index in [1.807, 2.05) is 36.2 Å². The Bertz CT molecular complexity index is 868. The average Bonchev–Trinajstić information content (AvgIpc) is 3.18. The van der Waals surface area contributed by atoms with Gasteiger partial charge < -0.3 is 14.5 Å². The van der Waals surface area contributed by atoms with E-state index < -0.39 is 0 Å². The third kappa shape index (κ3) is 7.30. The monoisotopic (exact) mass is 445 g/mol. The number of thioether (sulfide) groups is 2. The van der Waals surface area contributed by atoms with Gasteiger partial charge in [0, 0.05) is 43.8 Å². The summed E-state index contributed by atoms with van der Waals surface area (Å²) in [5, 5.41) is 0.942.